The third kappa shape index (κ3) is 8.32. The Balaban J connectivity index is 0.000000304. The Morgan fingerprint density at radius 3 is 2.37 bits per heavy atom. The van der Waals surface area contributed by atoms with Gasteiger partial charge in [0, 0.05) is 43.3 Å². The molecule has 4 rings (SSSR count). The lowest BCUT2D eigenvalue weighted by Gasteiger charge is -2.15. The van der Waals surface area contributed by atoms with Gasteiger partial charge in [0.25, 0.3) is 5.91 Å². The molecule has 202 valence electrons. The van der Waals surface area contributed by atoms with Crippen molar-refractivity contribution in [1.29, 1.82) is 0 Å². The number of carbonyl (C=O) groups is 2. The minimum Gasteiger partial charge on any atom is -0.381 e. The average molecular weight is 551 g/mol. The minimum atomic E-state index is -4.51. The van der Waals surface area contributed by atoms with E-state index in [0.29, 0.717) is 37.0 Å². The van der Waals surface area contributed by atoms with Crippen molar-refractivity contribution in [1.82, 2.24) is 15.3 Å². The predicted molar refractivity (Wildman–Crippen MR) is 137 cm³/mol. The summed E-state index contributed by atoms with van der Waals surface area (Å²) in [5, 5.41) is 8.34. The van der Waals surface area contributed by atoms with Gasteiger partial charge in [-0.2, -0.15) is 13.2 Å². The number of nitrogens with one attached hydrogen (secondary N) is 3. The van der Waals surface area contributed by atoms with Crippen LogP contribution in [0.4, 0.5) is 30.5 Å². The second kappa shape index (κ2) is 13.1. The summed E-state index contributed by atoms with van der Waals surface area (Å²) in [6.07, 6.45) is -1.04. The molecule has 0 saturated carbocycles. The second-order valence-electron chi connectivity index (χ2n) is 8.20. The summed E-state index contributed by atoms with van der Waals surface area (Å²) in [6.45, 7) is 1.39. The molecule has 9 nitrogen and oxygen atoms in total. The lowest BCUT2D eigenvalue weighted by molar-refractivity contribution is -0.137. The molecule has 2 amide bonds. The molecule has 1 unspecified atom stereocenters. The number of ether oxygens (including phenoxy) is 1. The zero-order chi connectivity index (χ0) is 27.7. The molecular formula is C25H26ClF3N6O3. The Morgan fingerprint density at radius 1 is 1.13 bits per heavy atom. The molecule has 1 fully saturated rings. The van der Waals surface area contributed by atoms with Crippen LogP contribution in [0.1, 0.15) is 27.9 Å². The van der Waals surface area contributed by atoms with E-state index in [1.165, 1.54) is 24.5 Å². The number of benzene rings is 2. The molecule has 2 heterocycles. The standard InChI is InChI=1S/C19H18ClF3N2O2.C6H8N4O/c20-14-3-6-17(16(9-14)19(21,22)23)25-15-4-1-12(2-5-15)10-24-18(26)13-7-8-27-11-13;1-8-6-9-2-4(3-10-6)5(7)11/h1-6,9,13,25H,7-8,10-11H2,(H,24,26);2-3H,1H3,(H2,7,11)(H,8,9,10). The molecule has 0 radical (unpaired) electrons. The quantitative estimate of drug-likeness (QED) is 0.343. The number of primary amides is 1. The molecule has 3 aromatic rings. The normalized spacial score (nSPS) is 14.7. The summed E-state index contributed by atoms with van der Waals surface area (Å²) >= 11 is 5.68. The van der Waals surface area contributed by atoms with Crippen LogP contribution in [-0.2, 0) is 22.3 Å². The topological polar surface area (TPSA) is 131 Å². The fourth-order valence-corrected chi connectivity index (χ4v) is 3.55. The van der Waals surface area contributed by atoms with Crippen LogP contribution < -0.4 is 21.7 Å². The van der Waals surface area contributed by atoms with Crippen molar-refractivity contribution in [2.45, 2.75) is 19.1 Å². The summed E-state index contributed by atoms with van der Waals surface area (Å²) in [6, 6.07) is 10.4. The van der Waals surface area contributed by atoms with E-state index in [4.69, 9.17) is 22.1 Å². The number of rotatable bonds is 7. The number of halogens is 4. The molecule has 1 atom stereocenters. The maximum atomic E-state index is 13.2. The molecule has 0 bridgehead atoms. The third-order valence-corrected chi connectivity index (χ3v) is 5.68. The van der Waals surface area contributed by atoms with E-state index in [-0.39, 0.29) is 22.5 Å². The molecule has 1 aliphatic rings. The predicted octanol–water partition coefficient (Wildman–Crippen LogP) is 4.37. The second-order valence-corrected chi connectivity index (χ2v) is 8.63. The van der Waals surface area contributed by atoms with Crippen molar-refractivity contribution >= 4 is 40.7 Å². The molecule has 1 saturated heterocycles. The van der Waals surface area contributed by atoms with Crippen molar-refractivity contribution in [3.8, 4) is 0 Å². The first-order valence-electron chi connectivity index (χ1n) is 11.4. The molecule has 1 aromatic heterocycles. The molecule has 38 heavy (non-hydrogen) atoms. The first kappa shape index (κ1) is 28.7. The maximum Gasteiger partial charge on any atom is 0.418 e. The number of nitrogens with zero attached hydrogens (tertiary/aromatic N) is 2. The Bertz CT molecular complexity index is 1230. The van der Waals surface area contributed by atoms with Gasteiger partial charge in [-0.1, -0.05) is 23.7 Å². The number of aromatic nitrogens is 2. The first-order valence-corrected chi connectivity index (χ1v) is 11.8. The van der Waals surface area contributed by atoms with Gasteiger partial charge in [-0.3, -0.25) is 9.59 Å². The Hall–Kier alpha value is -3.90. The van der Waals surface area contributed by atoms with Gasteiger partial charge in [0.1, 0.15) is 0 Å². The molecule has 5 N–H and O–H groups in total. The van der Waals surface area contributed by atoms with Gasteiger partial charge in [0.15, 0.2) is 0 Å². The molecule has 0 aliphatic carbocycles. The van der Waals surface area contributed by atoms with E-state index in [1.807, 2.05) is 0 Å². The summed E-state index contributed by atoms with van der Waals surface area (Å²) in [5.74, 6) is -0.218. The highest BCUT2D eigenvalue weighted by Crippen LogP contribution is 2.37. The average Bonchev–Trinajstić information content (AvgIpc) is 3.44. The van der Waals surface area contributed by atoms with Gasteiger partial charge >= 0.3 is 6.18 Å². The monoisotopic (exact) mass is 550 g/mol. The summed E-state index contributed by atoms with van der Waals surface area (Å²) < 4.78 is 44.6. The zero-order valence-corrected chi connectivity index (χ0v) is 21.1. The molecule has 0 spiro atoms. The third-order valence-electron chi connectivity index (χ3n) is 5.45. The smallest absolute Gasteiger partial charge is 0.381 e. The number of hydrogen-bond donors (Lipinski definition) is 4. The Kier molecular flexibility index (Phi) is 9.85. The van der Waals surface area contributed by atoms with Crippen LogP contribution in [0.3, 0.4) is 0 Å². The van der Waals surface area contributed by atoms with Crippen LogP contribution >= 0.6 is 11.6 Å². The molecular weight excluding hydrogens is 525 g/mol. The van der Waals surface area contributed by atoms with E-state index in [0.717, 1.165) is 18.1 Å². The summed E-state index contributed by atoms with van der Waals surface area (Å²) in [7, 11) is 1.69. The minimum absolute atomic E-state index is 0.0200. The molecule has 2 aromatic carbocycles. The maximum absolute atomic E-state index is 13.2. The Morgan fingerprint density at radius 2 is 1.82 bits per heavy atom. The van der Waals surface area contributed by atoms with Crippen molar-refractivity contribution in [2.75, 3.05) is 30.9 Å². The SMILES string of the molecule is CNc1ncc(C(N)=O)cn1.O=C(NCc1ccc(Nc2ccc(Cl)cc2C(F)(F)F)cc1)C1CCOC1. The van der Waals surface area contributed by atoms with Gasteiger partial charge < -0.3 is 26.4 Å². The summed E-state index contributed by atoms with van der Waals surface area (Å²) in [5.41, 5.74) is 5.72. The van der Waals surface area contributed by atoms with Crippen molar-refractivity contribution in [2.24, 2.45) is 11.7 Å². The first-order chi connectivity index (χ1) is 18.1. The van der Waals surface area contributed by atoms with Gasteiger partial charge in [-0.05, 0) is 42.3 Å². The number of amides is 2. The van der Waals surface area contributed by atoms with Gasteiger partial charge in [-0.25, -0.2) is 9.97 Å². The van der Waals surface area contributed by atoms with E-state index in [1.54, 1.807) is 31.3 Å². The van der Waals surface area contributed by atoms with Gasteiger partial charge in [0.2, 0.25) is 11.9 Å². The van der Waals surface area contributed by atoms with Crippen molar-refractivity contribution < 1.29 is 27.5 Å². The van der Waals surface area contributed by atoms with Crippen LogP contribution in [0.5, 0.6) is 0 Å². The van der Waals surface area contributed by atoms with E-state index >= 15 is 0 Å². The van der Waals surface area contributed by atoms with Gasteiger partial charge in [0.05, 0.1) is 29.3 Å². The fourth-order valence-electron chi connectivity index (χ4n) is 3.38. The lowest BCUT2D eigenvalue weighted by atomic mass is 10.1. The molecule has 1 aliphatic heterocycles. The van der Waals surface area contributed by atoms with Crippen molar-refractivity contribution in [3.05, 3.63) is 76.6 Å². The van der Waals surface area contributed by atoms with E-state index in [2.05, 4.69) is 25.9 Å². The fraction of sp³-hybridized carbons (Fsp3) is 0.280. The van der Waals surface area contributed by atoms with E-state index < -0.39 is 17.6 Å². The highest BCUT2D eigenvalue weighted by Gasteiger charge is 2.33. The van der Waals surface area contributed by atoms with Crippen LogP contribution in [0.25, 0.3) is 0 Å². The highest BCUT2D eigenvalue weighted by atomic mass is 35.5. The van der Waals surface area contributed by atoms with Gasteiger partial charge in [-0.15, -0.1) is 0 Å². The van der Waals surface area contributed by atoms with Crippen LogP contribution in [0, 0.1) is 5.92 Å². The zero-order valence-electron chi connectivity index (χ0n) is 20.3. The number of anilines is 3. The largest absolute Gasteiger partial charge is 0.418 e. The van der Waals surface area contributed by atoms with E-state index in [9.17, 15) is 22.8 Å². The number of carbonyl (C=O) groups excluding carboxylic acids is 2. The lowest BCUT2D eigenvalue weighted by Crippen LogP contribution is -2.30. The summed E-state index contributed by atoms with van der Waals surface area (Å²) in [4.78, 5) is 30.1. The highest BCUT2D eigenvalue weighted by molar-refractivity contribution is 6.30. The molecule has 13 heteroatoms. The van der Waals surface area contributed by atoms with Crippen molar-refractivity contribution in [3.63, 3.8) is 0 Å². The van der Waals surface area contributed by atoms with Crippen LogP contribution in [0.15, 0.2) is 54.9 Å². The van der Waals surface area contributed by atoms with Crippen LogP contribution in [-0.4, -0.2) is 42.0 Å². The number of nitrogens with two attached hydrogens (primary N) is 1. The van der Waals surface area contributed by atoms with Crippen LogP contribution in [0.2, 0.25) is 5.02 Å². The Labute approximate surface area is 221 Å². The number of hydrogen-bond acceptors (Lipinski definition) is 7. The number of alkyl halides is 3.